The molecule has 0 radical (unpaired) electrons. The summed E-state index contributed by atoms with van der Waals surface area (Å²) in [7, 11) is 0. The number of nitrogens with zero attached hydrogens (tertiary/aromatic N) is 1. The van der Waals surface area contributed by atoms with E-state index in [2.05, 4.69) is 6.07 Å². The van der Waals surface area contributed by atoms with Gasteiger partial charge in [-0.2, -0.15) is 17.0 Å². The highest BCUT2D eigenvalue weighted by atomic mass is 32.2. The largest absolute Gasteiger partial charge is 0.390 e. The normalized spacial score (nSPS) is 22.9. The lowest BCUT2D eigenvalue weighted by Gasteiger charge is -2.29. The number of aliphatic hydroxyl groups is 1. The molecule has 0 spiro atoms. The molecule has 0 aromatic heterocycles. The van der Waals surface area contributed by atoms with Crippen LogP contribution in [0.5, 0.6) is 0 Å². The SMILES string of the molecule is CSC1(C(O)C(C)(C)C#N)CC1. The van der Waals surface area contributed by atoms with Crippen LogP contribution in [-0.4, -0.2) is 22.2 Å². The molecule has 1 atom stereocenters. The first-order valence-electron chi connectivity index (χ1n) is 4.13. The predicted molar refractivity (Wildman–Crippen MR) is 50.9 cm³/mol. The summed E-state index contributed by atoms with van der Waals surface area (Å²) < 4.78 is -0.0147. The maximum absolute atomic E-state index is 9.92. The van der Waals surface area contributed by atoms with Gasteiger partial charge in [0, 0.05) is 4.75 Å². The molecule has 0 bridgehead atoms. The molecule has 1 saturated carbocycles. The second-order valence-electron chi connectivity index (χ2n) is 4.00. The Morgan fingerprint density at radius 2 is 2.08 bits per heavy atom. The molecule has 1 unspecified atom stereocenters. The summed E-state index contributed by atoms with van der Waals surface area (Å²) in [6, 6.07) is 2.16. The summed E-state index contributed by atoms with van der Waals surface area (Å²) in [6.45, 7) is 3.60. The van der Waals surface area contributed by atoms with Gasteiger partial charge in [0.2, 0.25) is 0 Å². The summed E-state index contributed by atoms with van der Waals surface area (Å²) in [4.78, 5) is 0. The van der Waals surface area contributed by atoms with Crippen molar-refractivity contribution in [3.8, 4) is 6.07 Å². The van der Waals surface area contributed by atoms with Crippen LogP contribution in [0.25, 0.3) is 0 Å². The molecule has 1 N–H and O–H groups in total. The number of thioether (sulfide) groups is 1. The summed E-state index contributed by atoms with van der Waals surface area (Å²) in [6.07, 6.45) is 3.59. The van der Waals surface area contributed by atoms with Gasteiger partial charge in [-0.3, -0.25) is 0 Å². The quantitative estimate of drug-likeness (QED) is 0.729. The molecule has 3 heteroatoms. The molecule has 1 aliphatic carbocycles. The second kappa shape index (κ2) is 2.93. The number of rotatable bonds is 3. The first-order valence-corrected chi connectivity index (χ1v) is 5.35. The Hall–Kier alpha value is -0.200. The van der Waals surface area contributed by atoms with E-state index >= 15 is 0 Å². The Labute approximate surface area is 78.0 Å². The van der Waals surface area contributed by atoms with Gasteiger partial charge in [-0.25, -0.2) is 0 Å². The Morgan fingerprint density at radius 3 is 2.33 bits per heavy atom. The molecular weight excluding hydrogens is 170 g/mol. The molecule has 1 aliphatic rings. The second-order valence-corrected chi connectivity index (χ2v) is 5.23. The molecule has 0 aromatic carbocycles. The van der Waals surface area contributed by atoms with Gasteiger partial charge >= 0.3 is 0 Å². The van der Waals surface area contributed by atoms with Crippen molar-refractivity contribution in [2.75, 3.05) is 6.26 Å². The Morgan fingerprint density at radius 1 is 1.58 bits per heavy atom. The average molecular weight is 185 g/mol. The lowest BCUT2D eigenvalue weighted by Crippen LogP contribution is -2.38. The monoisotopic (exact) mass is 185 g/mol. The van der Waals surface area contributed by atoms with Crippen LogP contribution in [0.4, 0.5) is 0 Å². The van der Waals surface area contributed by atoms with Crippen LogP contribution in [0, 0.1) is 16.7 Å². The Balaban J connectivity index is 2.72. The number of aliphatic hydroxyl groups excluding tert-OH is 1. The average Bonchev–Trinajstić information content (AvgIpc) is 2.83. The highest BCUT2D eigenvalue weighted by Gasteiger charge is 2.53. The van der Waals surface area contributed by atoms with Crippen molar-refractivity contribution in [2.24, 2.45) is 5.41 Å². The van der Waals surface area contributed by atoms with E-state index in [1.54, 1.807) is 25.6 Å². The van der Waals surface area contributed by atoms with Gasteiger partial charge in [-0.05, 0) is 32.9 Å². The molecule has 0 aliphatic heterocycles. The van der Waals surface area contributed by atoms with Crippen molar-refractivity contribution in [1.82, 2.24) is 0 Å². The molecule has 68 valence electrons. The summed E-state index contributed by atoms with van der Waals surface area (Å²) in [5, 5.41) is 18.8. The molecule has 2 nitrogen and oxygen atoms in total. The van der Waals surface area contributed by atoms with Crippen LogP contribution in [0.15, 0.2) is 0 Å². The standard InChI is InChI=1S/C9H15NOS/c1-8(2,6-10)7(11)9(12-3)4-5-9/h7,11H,4-5H2,1-3H3. The van der Waals surface area contributed by atoms with Gasteiger partial charge in [0.1, 0.15) is 0 Å². The van der Waals surface area contributed by atoms with Crippen molar-refractivity contribution in [2.45, 2.75) is 37.5 Å². The fourth-order valence-corrected chi connectivity index (χ4v) is 2.46. The van der Waals surface area contributed by atoms with E-state index in [4.69, 9.17) is 5.26 Å². The van der Waals surface area contributed by atoms with Gasteiger partial charge in [0.05, 0.1) is 17.6 Å². The van der Waals surface area contributed by atoms with Crippen molar-refractivity contribution < 1.29 is 5.11 Å². The smallest absolute Gasteiger partial charge is 0.0867 e. The van der Waals surface area contributed by atoms with Crippen LogP contribution in [-0.2, 0) is 0 Å². The number of nitriles is 1. The first-order chi connectivity index (χ1) is 5.48. The van der Waals surface area contributed by atoms with Crippen LogP contribution in [0.1, 0.15) is 26.7 Å². The Bertz CT molecular complexity index is 215. The van der Waals surface area contributed by atoms with E-state index in [9.17, 15) is 5.11 Å². The zero-order chi connectivity index (χ0) is 9.41. The van der Waals surface area contributed by atoms with Crippen LogP contribution >= 0.6 is 11.8 Å². The minimum atomic E-state index is -0.612. The van der Waals surface area contributed by atoms with Crippen molar-refractivity contribution in [3.05, 3.63) is 0 Å². The van der Waals surface area contributed by atoms with Crippen molar-refractivity contribution >= 4 is 11.8 Å². The van der Waals surface area contributed by atoms with Crippen LogP contribution in [0.2, 0.25) is 0 Å². The molecule has 0 saturated heterocycles. The first kappa shape index (κ1) is 9.88. The van der Waals surface area contributed by atoms with Crippen molar-refractivity contribution in [3.63, 3.8) is 0 Å². The van der Waals surface area contributed by atoms with Gasteiger partial charge < -0.3 is 5.11 Å². The van der Waals surface area contributed by atoms with Gasteiger partial charge in [0.25, 0.3) is 0 Å². The van der Waals surface area contributed by atoms with E-state index in [0.29, 0.717) is 0 Å². The summed E-state index contributed by atoms with van der Waals surface area (Å²) in [5.74, 6) is 0. The van der Waals surface area contributed by atoms with Gasteiger partial charge in [-0.15, -0.1) is 0 Å². The van der Waals surface area contributed by atoms with Crippen molar-refractivity contribution in [1.29, 1.82) is 5.26 Å². The third-order valence-corrected chi connectivity index (χ3v) is 4.06. The molecule has 12 heavy (non-hydrogen) atoms. The molecular formula is C9H15NOS. The van der Waals surface area contributed by atoms with Crippen LogP contribution < -0.4 is 0 Å². The summed E-state index contributed by atoms with van der Waals surface area (Å²) >= 11 is 1.69. The van der Waals surface area contributed by atoms with E-state index in [-0.39, 0.29) is 4.75 Å². The van der Waals surface area contributed by atoms with Gasteiger partial charge in [0.15, 0.2) is 0 Å². The van der Waals surface area contributed by atoms with Gasteiger partial charge in [-0.1, -0.05) is 0 Å². The van der Waals surface area contributed by atoms with E-state index < -0.39 is 11.5 Å². The number of hydrogen-bond donors (Lipinski definition) is 1. The fraction of sp³-hybridized carbons (Fsp3) is 0.889. The van der Waals surface area contributed by atoms with E-state index in [0.717, 1.165) is 12.8 Å². The third-order valence-electron chi connectivity index (χ3n) is 2.62. The third kappa shape index (κ3) is 1.46. The Kier molecular flexibility index (Phi) is 2.42. The molecule has 1 rings (SSSR count). The highest BCUT2D eigenvalue weighted by Crippen LogP contribution is 2.53. The maximum Gasteiger partial charge on any atom is 0.0867 e. The molecule has 0 amide bonds. The maximum atomic E-state index is 9.92. The molecule has 1 fully saturated rings. The zero-order valence-electron chi connectivity index (χ0n) is 7.79. The lowest BCUT2D eigenvalue weighted by atomic mass is 9.85. The van der Waals surface area contributed by atoms with Crippen LogP contribution in [0.3, 0.4) is 0 Å². The zero-order valence-corrected chi connectivity index (χ0v) is 8.61. The topological polar surface area (TPSA) is 44.0 Å². The lowest BCUT2D eigenvalue weighted by molar-refractivity contribution is 0.0778. The van der Waals surface area contributed by atoms with E-state index in [1.165, 1.54) is 0 Å². The number of hydrogen-bond acceptors (Lipinski definition) is 3. The molecule has 0 heterocycles. The van der Waals surface area contributed by atoms with E-state index in [1.807, 2.05) is 6.26 Å². The minimum absolute atomic E-state index is 0.0147. The molecule has 0 aromatic rings. The fourth-order valence-electron chi connectivity index (χ4n) is 1.43. The highest BCUT2D eigenvalue weighted by molar-refractivity contribution is 8.00. The minimum Gasteiger partial charge on any atom is -0.390 e. The predicted octanol–water partition coefficient (Wildman–Crippen LogP) is 1.79. The summed E-state index contributed by atoms with van der Waals surface area (Å²) in [5.41, 5.74) is -0.612.